The number of nitrogens with zero attached hydrogens (tertiary/aromatic N) is 1. The van der Waals surface area contributed by atoms with Crippen molar-refractivity contribution in [2.24, 2.45) is 5.92 Å². The summed E-state index contributed by atoms with van der Waals surface area (Å²) in [5, 5.41) is 1.05. The third-order valence-electron chi connectivity index (χ3n) is 3.73. The van der Waals surface area contributed by atoms with Gasteiger partial charge in [-0.3, -0.25) is 0 Å². The maximum atomic E-state index is 12.1. The summed E-state index contributed by atoms with van der Waals surface area (Å²) in [5.74, 6) is 1.02. The average molecular weight is 340 g/mol. The van der Waals surface area contributed by atoms with Gasteiger partial charge in [0.2, 0.25) is 0 Å². The van der Waals surface area contributed by atoms with Crippen LogP contribution >= 0.6 is 15.9 Å². The summed E-state index contributed by atoms with van der Waals surface area (Å²) in [7, 11) is -2.98. The van der Waals surface area contributed by atoms with Crippen molar-refractivity contribution in [1.82, 2.24) is 4.90 Å². The average Bonchev–Trinajstić information content (AvgIpc) is 2.26. The Kier molecular flexibility index (Phi) is 6.13. The van der Waals surface area contributed by atoms with E-state index in [9.17, 15) is 8.42 Å². The van der Waals surface area contributed by atoms with Crippen LogP contribution in [0.3, 0.4) is 0 Å². The van der Waals surface area contributed by atoms with Gasteiger partial charge in [-0.1, -0.05) is 15.9 Å². The number of rotatable bonds is 5. The lowest BCUT2D eigenvalue weighted by Gasteiger charge is -2.33. The van der Waals surface area contributed by atoms with E-state index in [0.717, 1.165) is 24.3 Å². The highest BCUT2D eigenvalue weighted by Crippen LogP contribution is 2.21. The van der Waals surface area contributed by atoms with Crippen LogP contribution < -0.4 is 0 Å². The molecule has 108 valence electrons. The van der Waals surface area contributed by atoms with Crippen molar-refractivity contribution in [2.45, 2.75) is 44.8 Å². The lowest BCUT2D eigenvalue weighted by Crippen LogP contribution is -2.41. The fourth-order valence-electron chi connectivity index (χ4n) is 2.30. The Balaban J connectivity index is 2.44. The van der Waals surface area contributed by atoms with E-state index in [-0.39, 0.29) is 5.75 Å². The Morgan fingerprint density at radius 3 is 2.56 bits per heavy atom. The number of alkyl halides is 1. The first-order valence-electron chi connectivity index (χ1n) is 6.77. The fourth-order valence-corrected chi connectivity index (χ4v) is 4.06. The first-order chi connectivity index (χ1) is 8.26. The molecule has 0 saturated carbocycles. The van der Waals surface area contributed by atoms with Gasteiger partial charge in [0, 0.05) is 18.4 Å². The highest BCUT2D eigenvalue weighted by molar-refractivity contribution is 9.09. The monoisotopic (exact) mass is 339 g/mol. The lowest BCUT2D eigenvalue weighted by atomic mass is 9.96. The molecule has 1 fully saturated rings. The molecule has 0 spiro atoms. The Labute approximate surface area is 120 Å². The number of piperidine rings is 1. The zero-order chi connectivity index (χ0) is 13.8. The van der Waals surface area contributed by atoms with E-state index in [1.54, 1.807) is 20.8 Å². The van der Waals surface area contributed by atoms with Crippen LogP contribution in [0.15, 0.2) is 0 Å². The predicted octanol–water partition coefficient (Wildman–Crippen LogP) is 2.70. The Bertz CT molecular complexity index is 346. The molecule has 18 heavy (non-hydrogen) atoms. The van der Waals surface area contributed by atoms with Gasteiger partial charge in [-0.2, -0.15) is 0 Å². The second-order valence-corrected chi connectivity index (χ2v) is 9.87. The summed E-state index contributed by atoms with van der Waals surface area (Å²) in [4.78, 5) is 2.32. The molecule has 5 heteroatoms. The number of likely N-dealkylation sites (tertiary alicyclic amines) is 1. The lowest BCUT2D eigenvalue weighted by molar-refractivity contribution is 0.181. The summed E-state index contributed by atoms with van der Waals surface area (Å²) < 4.78 is 23.5. The number of sulfone groups is 1. The standard InChI is InChI=1S/C13H26BrNO2S/c1-13(2,3)18(16,17)10-9-15-8-4-5-12(11-15)6-7-14/h12H,4-11H2,1-3H3. The van der Waals surface area contributed by atoms with Crippen LogP contribution in [0.1, 0.15) is 40.0 Å². The molecule has 1 unspecified atom stereocenters. The quantitative estimate of drug-likeness (QED) is 0.722. The van der Waals surface area contributed by atoms with Crippen molar-refractivity contribution in [1.29, 1.82) is 0 Å². The van der Waals surface area contributed by atoms with Crippen molar-refractivity contribution in [2.75, 3.05) is 30.7 Å². The summed E-state index contributed by atoms with van der Waals surface area (Å²) in [6, 6.07) is 0. The van der Waals surface area contributed by atoms with Gasteiger partial charge in [0.05, 0.1) is 10.5 Å². The molecule has 1 heterocycles. The molecule has 0 aliphatic carbocycles. The maximum Gasteiger partial charge on any atom is 0.156 e. The van der Waals surface area contributed by atoms with Gasteiger partial charge < -0.3 is 4.90 Å². The van der Waals surface area contributed by atoms with Gasteiger partial charge in [-0.05, 0) is 52.5 Å². The molecule has 0 N–H and O–H groups in total. The van der Waals surface area contributed by atoms with Crippen LogP contribution in [0.5, 0.6) is 0 Å². The summed E-state index contributed by atoms with van der Waals surface area (Å²) in [6.45, 7) is 8.16. The van der Waals surface area contributed by atoms with Crippen LogP contribution in [0.25, 0.3) is 0 Å². The fraction of sp³-hybridized carbons (Fsp3) is 1.00. The molecular formula is C13H26BrNO2S. The van der Waals surface area contributed by atoms with E-state index in [4.69, 9.17) is 0 Å². The van der Waals surface area contributed by atoms with Crippen LogP contribution in [0.4, 0.5) is 0 Å². The first-order valence-corrected chi connectivity index (χ1v) is 9.54. The molecule has 0 bridgehead atoms. The van der Waals surface area contributed by atoms with Crippen LogP contribution in [-0.4, -0.2) is 48.8 Å². The Morgan fingerprint density at radius 1 is 1.33 bits per heavy atom. The van der Waals surface area contributed by atoms with Crippen molar-refractivity contribution < 1.29 is 8.42 Å². The first kappa shape index (κ1) is 16.4. The van der Waals surface area contributed by atoms with Gasteiger partial charge in [0.25, 0.3) is 0 Å². The van der Waals surface area contributed by atoms with Crippen molar-refractivity contribution in [3.8, 4) is 0 Å². The molecule has 0 radical (unpaired) electrons. The minimum absolute atomic E-state index is 0.289. The number of hydrogen-bond acceptors (Lipinski definition) is 3. The zero-order valence-corrected chi connectivity index (χ0v) is 14.2. The molecule has 3 nitrogen and oxygen atoms in total. The van der Waals surface area contributed by atoms with E-state index in [2.05, 4.69) is 20.8 Å². The molecule has 0 aromatic rings. The second kappa shape index (κ2) is 6.71. The SMILES string of the molecule is CC(C)(C)S(=O)(=O)CCN1CCCC(CCBr)C1. The van der Waals surface area contributed by atoms with Gasteiger partial charge in [0.15, 0.2) is 9.84 Å². The summed E-state index contributed by atoms with van der Waals surface area (Å²) >= 11 is 3.49. The smallest absolute Gasteiger partial charge is 0.156 e. The second-order valence-electron chi connectivity index (χ2n) is 6.22. The normalized spacial score (nSPS) is 23.2. The van der Waals surface area contributed by atoms with E-state index in [1.807, 2.05) is 0 Å². The van der Waals surface area contributed by atoms with E-state index in [0.29, 0.717) is 6.54 Å². The van der Waals surface area contributed by atoms with Crippen LogP contribution in [0, 0.1) is 5.92 Å². The largest absolute Gasteiger partial charge is 0.302 e. The molecule has 0 amide bonds. The molecule has 1 saturated heterocycles. The number of hydrogen-bond donors (Lipinski definition) is 0. The van der Waals surface area contributed by atoms with Gasteiger partial charge >= 0.3 is 0 Å². The molecule has 0 aromatic carbocycles. The third-order valence-corrected chi connectivity index (χ3v) is 6.77. The van der Waals surface area contributed by atoms with Gasteiger partial charge in [0.1, 0.15) is 0 Å². The number of halogens is 1. The molecular weight excluding hydrogens is 314 g/mol. The third kappa shape index (κ3) is 4.82. The summed E-state index contributed by atoms with van der Waals surface area (Å²) in [6.07, 6.45) is 3.68. The van der Waals surface area contributed by atoms with E-state index in [1.165, 1.54) is 19.3 Å². The van der Waals surface area contributed by atoms with Gasteiger partial charge in [-0.25, -0.2) is 8.42 Å². The Morgan fingerprint density at radius 2 is 2.00 bits per heavy atom. The van der Waals surface area contributed by atoms with Crippen LogP contribution in [0.2, 0.25) is 0 Å². The summed E-state index contributed by atoms with van der Waals surface area (Å²) in [5.41, 5.74) is 0. The minimum atomic E-state index is -2.98. The topological polar surface area (TPSA) is 37.4 Å². The van der Waals surface area contributed by atoms with E-state index >= 15 is 0 Å². The van der Waals surface area contributed by atoms with Crippen LogP contribution in [-0.2, 0) is 9.84 Å². The van der Waals surface area contributed by atoms with Crippen molar-refractivity contribution in [3.05, 3.63) is 0 Å². The van der Waals surface area contributed by atoms with Crippen molar-refractivity contribution >= 4 is 25.8 Å². The molecule has 1 aliphatic heterocycles. The molecule has 1 rings (SSSR count). The minimum Gasteiger partial charge on any atom is -0.302 e. The molecule has 1 aliphatic rings. The predicted molar refractivity (Wildman–Crippen MR) is 81.1 cm³/mol. The van der Waals surface area contributed by atoms with Gasteiger partial charge in [-0.15, -0.1) is 0 Å². The van der Waals surface area contributed by atoms with E-state index < -0.39 is 14.6 Å². The highest BCUT2D eigenvalue weighted by atomic mass is 79.9. The zero-order valence-electron chi connectivity index (χ0n) is 11.8. The maximum absolute atomic E-state index is 12.1. The van der Waals surface area contributed by atoms with Crippen molar-refractivity contribution in [3.63, 3.8) is 0 Å². The Hall–Kier alpha value is 0.390. The molecule has 1 atom stereocenters. The highest BCUT2D eigenvalue weighted by Gasteiger charge is 2.29. The molecule has 0 aromatic heterocycles.